The minimum absolute atomic E-state index is 0.120. The Hall–Kier alpha value is -1.00. The summed E-state index contributed by atoms with van der Waals surface area (Å²) in [5.74, 6) is 0. The zero-order valence-electron chi connectivity index (χ0n) is 12.6. The predicted molar refractivity (Wildman–Crippen MR) is 80.5 cm³/mol. The molecule has 1 aromatic carbocycles. The number of hydrogen-bond donors (Lipinski definition) is 1. The summed E-state index contributed by atoms with van der Waals surface area (Å²) < 4.78 is 25.4. The van der Waals surface area contributed by atoms with Gasteiger partial charge in [-0.2, -0.15) is 0 Å². The normalized spacial score (nSPS) is 29.8. The van der Waals surface area contributed by atoms with Crippen LogP contribution in [0.2, 0.25) is 0 Å². The Bertz CT molecular complexity index is 464. The summed E-state index contributed by atoms with van der Waals surface area (Å²) >= 11 is 0. The van der Waals surface area contributed by atoms with E-state index in [1.54, 1.807) is 12.1 Å². The van der Waals surface area contributed by atoms with E-state index < -0.39 is 6.43 Å². The first-order chi connectivity index (χ1) is 10.1. The lowest BCUT2D eigenvalue weighted by Gasteiger charge is -2.47. The number of fused-ring (bicyclic) bond motifs is 2. The molecule has 1 aromatic rings. The zero-order chi connectivity index (χ0) is 14.8. The lowest BCUT2D eigenvalue weighted by atomic mass is 9.82. The van der Waals surface area contributed by atoms with Crippen molar-refractivity contribution in [2.75, 3.05) is 7.05 Å². The second-order valence-corrected chi connectivity index (χ2v) is 6.50. The summed E-state index contributed by atoms with van der Waals surface area (Å²) in [7, 11) is 2.25. The van der Waals surface area contributed by atoms with Crippen LogP contribution in [-0.2, 0) is 6.54 Å². The summed E-state index contributed by atoms with van der Waals surface area (Å²) in [5.41, 5.74) is 1.08. The largest absolute Gasteiger partial charge is 0.310 e. The summed E-state index contributed by atoms with van der Waals surface area (Å²) in [4.78, 5) is 2.54. The van der Waals surface area contributed by atoms with E-state index in [0.717, 1.165) is 5.56 Å². The van der Waals surface area contributed by atoms with Crippen LogP contribution < -0.4 is 5.32 Å². The first-order valence-corrected chi connectivity index (χ1v) is 7.96. The Morgan fingerprint density at radius 3 is 2.62 bits per heavy atom. The molecular weight excluding hydrogens is 270 g/mol. The third kappa shape index (κ3) is 3.43. The highest BCUT2D eigenvalue weighted by Crippen LogP contribution is 2.32. The van der Waals surface area contributed by atoms with Crippen molar-refractivity contribution in [2.24, 2.45) is 0 Å². The first-order valence-electron chi connectivity index (χ1n) is 7.96. The van der Waals surface area contributed by atoms with E-state index in [9.17, 15) is 8.78 Å². The van der Waals surface area contributed by atoms with E-state index in [1.807, 2.05) is 6.07 Å². The third-order valence-electron chi connectivity index (χ3n) is 5.14. The van der Waals surface area contributed by atoms with E-state index in [0.29, 0.717) is 24.7 Å². The summed E-state index contributed by atoms with van der Waals surface area (Å²) in [5, 5.41) is 3.58. The number of hydrogen-bond acceptors (Lipinski definition) is 2. The van der Waals surface area contributed by atoms with Crippen LogP contribution in [0.5, 0.6) is 0 Å². The molecule has 2 aliphatic heterocycles. The maximum absolute atomic E-state index is 12.7. The summed E-state index contributed by atoms with van der Waals surface area (Å²) in [6.07, 6.45) is 3.93. The molecule has 2 fully saturated rings. The molecule has 0 aromatic heterocycles. The molecule has 2 saturated heterocycles. The van der Waals surface area contributed by atoms with Crippen LogP contribution in [0.1, 0.15) is 49.7 Å². The molecule has 1 N–H and O–H groups in total. The molecule has 0 aliphatic carbocycles. The molecule has 2 bridgehead atoms. The number of piperidine rings is 2. The molecule has 0 spiro atoms. The maximum Gasteiger partial charge on any atom is 0.263 e. The molecule has 4 heteroatoms. The van der Waals surface area contributed by atoms with Gasteiger partial charge < -0.3 is 10.2 Å². The molecule has 0 radical (unpaired) electrons. The second kappa shape index (κ2) is 6.41. The third-order valence-corrected chi connectivity index (χ3v) is 5.14. The molecule has 2 aliphatic rings. The number of alkyl halides is 2. The van der Waals surface area contributed by atoms with Gasteiger partial charge in [0.2, 0.25) is 0 Å². The fraction of sp³-hybridized carbons (Fsp3) is 0.647. The molecule has 116 valence electrons. The van der Waals surface area contributed by atoms with E-state index in [1.165, 1.54) is 38.2 Å². The van der Waals surface area contributed by atoms with E-state index >= 15 is 0 Å². The van der Waals surface area contributed by atoms with Gasteiger partial charge in [0.05, 0.1) is 0 Å². The van der Waals surface area contributed by atoms with Crippen LogP contribution >= 0.6 is 0 Å². The predicted octanol–water partition coefficient (Wildman–Crippen LogP) is 3.73. The van der Waals surface area contributed by atoms with Gasteiger partial charge in [-0.25, -0.2) is 8.78 Å². The molecule has 2 unspecified atom stereocenters. The minimum atomic E-state index is -2.38. The van der Waals surface area contributed by atoms with Gasteiger partial charge in [-0.1, -0.05) is 24.6 Å². The van der Waals surface area contributed by atoms with Crippen molar-refractivity contribution < 1.29 is 8.78 Å². The topological polar surface area (TPSA) is 15.3 Å². The highest BCUT2D eigenvalue weighted by Gasteiger charge is 2.35. The maximum atomic E-state index is 12.7. The molecule has 21 heavy (non-hydrogen) atoms. The van der Waals surface area contributed by atoms with Crippen LogP contribution in [0.15, 0.2) is 24.3 Å². The number of halogens is 2. The van der Waals surface area contributed by atoms with E-state index in [2.05, 4.69) is 17.3 Å². The highest BCUT2D eigenvalue weighted by atomic mass is 19.3. The Balaban J connectivity index is 1.57. The lowest BCUT2D eigenvalue weighted by molar-refractivity contribution is 0.0482. The zero-order valence-corrected chi connectivity index (χ0v) is 12.6. The molecule has 0 amide bonds. The Morgan fingerprint density at radius 2 is 1.95 bits per heavy atom. The SMILES string of the molecule is CN1C2CCCC1CC(NCc1cccc(C(F)F)c1)C2. The van der Waals surface area contributed by atoms with Gasteiger partial charge in [-0.15, -0.1) is 0 Å². The fourth-order valence-electron chi connectivity index (χ4n) is 3.88. The van der Waals surface area contributed by atoms with Gasteiger partial charge in [0.25, 0.3) is 6.43 Å². The molecule has 0 saturated carbocycles. The average molecular weight is 294 g/mol. The van der Waals surface area contributed by atoms with Gasteiger partial charge in [0, 0.05) is 30.2 Å². The fourth-order valence-corrected chi connectivity index (χ4v) is 3.88. The van der Waals surface area contributed by atoms with Crippen LogP contribution in [0.25, 0.3) is 0 Å². The number of nitrogens with zero attached hydrogens (tertiary/aromatic N) is 1. The van der Waals surface area contributed by atoms with Crippen LogP contribution in [-0.4, -0.2) is 30.1 Å². The Morgan fingerprint density at radius 1 is 1.24 bits per heavy atom. The molecule has 2 nitrogen and oxygen atoms in total. The van der Waals surface area contributed by atoms with Gasteiger partial charge >= 0.3 is 0 Å². The van der Waals surface area contributed by atoms with Gasteiger partial charge in [0.15, 0.2) is 0 Å². The van der Waals surface area contributed by atoms with Crippen molar-refractivity contribution >= 4 is 0 Å². The standard InChI is InChI=1S/C17H24F2N2/c1-21-15-6-3-7-16(21)10-14(9-15)20-11-12-4-2-5-13(8-12)17(18)19/h2,4-5,8,14-17,20H,3,6-7,9-11H2,1H3. The number of rotatable bonds is 4. The average Bonchev–Trinajstić information content (AvgIpc) is 2.46. The first kappa shape index (κ1) is 14.9. The second-order valence-electron chi connectivity index (χ2n) is 6.50. The van der Waals surface area contributed by atoms with E-state index in [4.69, 9.17) is 0 Å². The van der Waals surface area contributed by atoms with Gasteiger partial charge in [-0.3, -0.25) is 0 Å². The summed E-state index contributed by atoms with van der Waals surface area (Å²) in [6.45, 7) is 0.689. The van der Waals surface area contributed by atoms with Crippen molar-refractivity contribution in [3.05, 3.63) is 35.4 Å². The van der Waals surface area contributed by atoms with Crippen molar-refractivity contribution in [3.8, 4) is 0 Å². The Labute approximate surface area is 125 Å². The van der Waals surface area contributed by atoms with Crippen molar-refractivity contribution in [2.45, 2.75) is 63.2 Å². The van der Waals surface area contributed by atoms with Gasteiger partial charge in [-0.05, 0) is 44.4 Å². The monoisotopic (exact) mass is 294 g/mol. The van der Waals surface area contributed by atoms with Crippen LogP contribution in [0, 0.1) is 0 Å². The molecule has 2 heterocycles. The highest BCUT2D eigenvalue weighted by molar-refractivity contribution is 5.24. The van der Waals surface area contributed by atoms with Gasteiger partial charge in [0.1, 0.15) is 0 Å². The molecule has 3 rings (SSSR count). The number of benzene rings is 1. The Kier molecular flexibility index (Phi) is 4.55. The van der Waals surface area contributed by atoms with Crippen molar-refractivity contribution in [3.63, 3.8) is 0 Å². The van der Waals surface area contributed by atoms with Crippen LogP contribution in [0.4, 0.5) is 8.78 Å². The molecular formula is C17H24F2N2. The van der Waals surface area contributed by atoms with Crippen molar-refractivity contribution in [1.29, 1.82) is 0 Å². The van der Waals surface area contributed by atoms with E-state index in [-0.39, 0.29) is 5.56 Å². The van der Waals surface area contributed by atoms with Crippen LogP contribution in [0.3, 0.4) is 0 Å². The number of nitrogens with one attached hydrogen (secondary N) is 1. The minimum Gasteiger partial charge on any atom is -0.310 e. The quantitative estimate of drug-likeness (QED) is 0.910. The smallest absolute Gasteiger partial charge is 0.263 e. The molecule has 2 atom stereocenters. The summed E-state index contributed by atoms with van der Waals surface area (Å²) in [6, 6.07) is 8.68. The van der Waals surface area contributed by atoms with Crippen molar-refractivity contribution in [1.82, 2.24) is 10.2 Å². The lowest BCUT2D eigenvalue weighted by Crippen LogP contribution is -2.54.